The first kappa shape index (κ1) is 13.8. The van der Waals surface area contributed by atoms with E-state index in [1.165, 1.54) is 0 Å². The van der Waals surface area contributed by atoms with E-state index in [0.717, 1.165) is 30.2 Å². The number of rotatable bonds is 2. The number of halogens is 2. The smallest absolute Gasteiger partial charge is 0.251 e. The zero-order valence-electron chi connectivity index (χ0n) is 9.83. The van der Waals surface area contributed by atoms with Gasteiger partial charge in [0.2, 0.25) is 0 Å². The standard InChI is InChI=1S/C13H15BrClNO2/c14-11-7-8(1-6-12(11)15)13(18)16-9-2-4-10(17)5-3-9/h1,6-7,9-10,17H,2-5H2,(H,16,18). The van der Waals surface area contributed by atoms with Gasteiger partial charge in [-0.05, 0) is 59.8 Å². The molecular formula is C13H15BrClNO2. The summed E-state index contributed by atoms with van der Waals surface area (Å²) in [5.41, 5.74) is 0.595. The van der Waals surface area contributed by atoms with Crippen molar-refractivity contribution >= 4 is 33.4 Å². The van der Waals surface area contributed by atoms with Crippen molar-refractivity contribution in [2.24, 2.45) is 0 Å². The first-order valence-electron chi connectivity index (χ1n) is 6.00. The van der Waals surface area contributed by atoms with Gasteiger partial charge in [0.25, 0.3) is 5.91 Å². The molecule has 98 valence electrons. The predicted molar refractivity (Wildman–Crippen MR) is 74.9 cm³/mol. The van der Waals surface area contributed by atoms with E-state index in [2.05, 4.69) is 21.2 Å². The second kappa shape index (κ2) is 6.04. The van der Waals surface area contributed by atoms with Gasteiger partial charge < -0.3 is 10.4 Å². The van der Waals surface area contributed by atoms with Crippen LogP contribution in [0.4, 0.5) is 0 Å². The van der Waals surface area contributed by atoms with Crippen LogP contribution in [0, 0.1) is 0 Å². The Morgan fingerprint density at radius 3 is 2.61 bits per heavy atom. The second-order valence-corrected chi connectivity index (χ2v) is 5.87. The number of amides is 1. The zero-order valence-corrected chi connectivity index (χ0v) is 12.2. The molecule has 18 heavy (non-hydrogen) atoms. The number of carbonyl (C=O) groups is 1. The minimum atomic E-state index is -0.206. The van der Waals surface area contributed by atoms with E-state index in [4.69, 9.17) is 11.6 Å². The Bertz CT molecular complexity index is 445. The quantitative estimate of drug-likeness (QED) is 0.874. The van der Waals surface area contributed by atoms with Crippen molar-refractivity contribution in [3.63, 3.8) is 0 Å². The lowest BCUT2D eigenvalue weighted by atomic mass is 9.93. The first-order valence-corrected chi connectivity index (χ1v) is 7.17. The van der Waals surface area contributed by atoms with Gasteiger partial charge >= 0.3 is 0 Å². The van der Waals surface area contributed by atoms with Crippen molar-refractivity contribution in [1.82, 2.24) is 5.32 Å². The number of benzene rings is 1. The Labute approximate surface area is 120 Å². The van der Waals surface area contributed by atoms with Gasteiger partial charge in [0.1, 0.15) is 0 Å². The first-order chi connectivity index (χ1) is 8.56. The zero-order chi connectivity index (χ0) is 13.1. The van der Waals surface area contributed by atoms with Crippen molar-refractivity contribution in [1.29, 1.82) is 0 Å². The third-order valence-corrected chi connectivity index (χ3v) is 4.43. The third-order valence-electron chi connectivity index (χ3n) is 3.21. The van der Waals surface area contributed by atoms with Crippen LogP contribution in [0.3, 0.4) is 0 Å². The molecule has 0 atom stereocenters. The minimum absolute atomic E-state index is 0.0891. The van der Waals surface area contributed by atoms with Crippen LogP contribution in [-0.2, 0) is 0 Å². The van der Waals surface area contributed by atoms with E-state index < -0.39 is 0 Å². The van der Waals surface area contributed by atoms with Crippen LogP contribution in [-0.4, -0.2) is 23.2 Å². The van der Waals surface area contributed by atoms with Crippen molar-refractivity contribution in [3.8, 4) is 0 Å². The van der Waals surface area contributed by atoms with Crippen molar-refractivity contribution < 1.29 is 9.90 Å². The molecule has 2 N–H and O–H groups in total. The Morgan fingerprint density at radius 1 is 1.33 bits per heavy atom. The highest BCUT2D eigenvalue weighted by Crippen LogP contribution is 2.24. The maximum absolute atomic E-state index is 12.0. The second-order valence-electron chi connectivity index (χ2n) is 4.61. The van der Waals surface area contributed by atoms with Gasteiger partial charge in [0, 0.05) is 16.1 Å². The highest BCUT2D eigenvalue weighted by atomic mass is 79.9. The van der Waals surface area contributed by atoms with Crippen molar-refractivity contribution in [3.05, 3.63) is 33.3 Å². The molecule has 1 aromatic rings. The normalized spacial score (nSPS) is 23.7. The molecule has 1 aliphatic rings. The molecule has 0 aliphatic heterocycles. The number of carbonyl (C=O) groups excluding carboxylic acids is 1. The summed E-state index contributed by atoms with van der Waals surface area (Å²) in [6.07, 6.45) is 2.98. The monoisotopic (exact) mass is 331 g/mol. The summed E-state index contributed by atoms with van der Waals surface area (Å²) >= 11 is 9.19. The molecule has 1 aliphatic carbocycles. The molecule has 1 aromatic carbocycles. The molecule has 0 spiro atoms. The van der Waals surface area contributed by atoms with Crippen LogP contribution in [0.25, 0.3) is 0 Å². The molecular weight excluding hydrogens is 318 g/mol. The Morgan fingerprint density at radius 2 is 2.00 bits per heavy atom. The summed E-state index contributed by atoms with van der Waals surface area (Å²) in [7, 11) is 0. The molecule has 5 heteroatoms. The molecule has 1 saturated carbocycles. The molecule has 1 fully saturated rings. The summed E-state index contributed by atoms with van der Waals surface area (Å²) in [6, 6.07) is 5.29. The van der Waals surface area contributed by atoms with Gasteiger partial charge in [0.05, 0.1) is 11.1 Å². The number of nitrogens with one attached hydrogen (secondary N) is 1. The third kappa shape index (κ3) is 3.46. The summed E-state index contributed by atoms with van der Waals surface area (Å²) in [5.74, 6) is -0.0891. The van der Waals surface area contributed by atoms with Crippen molar-refractivity contribution in [2.75, 3.05) is 0 Å². The lowest BCUT2D eigenvalue weighted by Gasteiger charge is -2.26. The van der Waals surface area contributed by atoms with Crippen LogP contribution in [0.15, 0.2) is 22.7 Å². The maximum Gasteiger partial charge on any atom is 0.251 e. The van der Waals surface area contributed by atoms with Crippen LogP contribution >= 0.6 is 27.5 Å². The van der Waals surface area contributed by atoms with Gasteiger partial charge in [-0.25, -0.2) is 0 Å². The van der Waals surface area contributed by atoms with Crippen molar-refractivity contribution in [2.45, 2.75) is 37.8 Å². The van der Waals surface area contributed by atoms with Gasteiger partial charge in [-0.15, -0.1) is 0 Å². The van der Waals surface area contributed by atoms with E-state index in [1.807, 2.05) is 0 Å². The molecule has 0 aromatic heterocycles. The minimum Gasteiger partial charge on any atom is -0.393 e. The van der Waals surface area contributed by atoms with E-state index >= 15 is 0 Å². The molecule has 1 amide bonds. The van der Waals surface area contributed by atoms with Gasteiger partial charge in [-0.3, -0.25) is 4.79 Å². The fourth-order valence-corrected chi connectivity index (χ4v) is 2.62. The lowest BCUT2D eigenvalue weighted by Crippen LogP contribution is -2.38. The van der Waals surface area contributed by atoms with Gasteiger partial charge in [-0.1, -0.05) is 11.6 Å². The van der Waals surface area contributed by atoms with Gasteiger partial charge in [-0.2, -0.15) is 0 Å². The molecule has 3 nitrogen and oxygen atoms in total. The number of hydrogen-bond donors (Lipinski definition) is 2. The molecule has 0 heterocycles. The molecule has 0 bridgehead atoms. The Hall–Kier alpha value is -0.580. The Balaban J connectivity index is 1.97. The van der Waals surface area contributed by atoms with Gasteiger partial charge in [0.15, 0.2) is 0 Å². The van der Waals surface area contributed by atoms with E-state index in [0.29, 0.717) is 10.6 Å². The maximum atomic E-state index is 12.0. The van der Waals surface area contributed by atoms with Crippen LogP contribution < -0.4 is 5.32 Å². The van der Waals surface area contributed by atoms with E-state index in [-0.39, 0.29) is 18.1 Å². The van der Waals surface area contributed by atoms with E-state index in [9.17, 15) is 9.90 Å². The highest BCUT2D eigenvalue weighted by Gasteiger charge is 2.21. The number of hydrogen-bond acceptors (Lipinski definition) is 2. The number of aliphatic hydroxyl groups excluding tert-OH is 1. The predicted octanol–water partition coefficient (Wildman–Crippen LogP) is 3.14. The average molecular weight is 333 g/mol. The summed E-state index contributed by atoms with van der Waals surface area (Å²) in [6.45, 7) is 0. The number of aliphatic hydroxyl groups is 1. The topological polar surface area (TPSA) is 49.3 Å². The SMILES string of the molecule is O=C(NC1CCC(O)CC1)c1ccc(Cl)c(Br)c1. The molecule has 2 rings (SSSR count). The van der Waals surface area contributed by atoms with Crippen LogP contribution in [0.1, 0.15) is 36.0 Å². The molecule has 0 radical (unpaired) electrons. The summed E-state index contributed by atoms with van der Waals surface area (Å²) in [5, 5.41) is 13.0. The molecule has 0 unspecified atom stereocenters. The fraction of sp³-hybridized carbons (Fsp3) is 0.462. The average Bonchev–Trinajstić information content (AvgIpc) is 2.35. The largest absolute Gasteiger partial charge is 0.393 e. The summed E-state index contributed by atoms with van der Waals surface area (Å²) < 4.78 is 0.718. The fourth-order valence-electron chi connectivity index (χ4n) is 2.13. The summed E-state index contributed by atoms with van der Waals surface area (Å²) in [4.78, 5) is 12.0. The Kier molecular flexibility index (Phi) is 4.65. The molecule has 0 saturated heterocycles. The highest BCUT2D eigenvalue weighted by molar-refractivity contribution is 9.10. The van der Waals surface area contributed by atoms with E-state index in [1.54, 1.807) is 18.2 Å². The van der Waals surface area contributed by atoms with Crippen LogP contribution in [0.5, 0.6) is 0 Å². The van der Waals surface area contributed by atoms with Crippen LogP contribution in [0.2, 0.25) is 5.02 Å². The lowest BCUT2D eigenvalue weighted by molar-refractivity contribution is 0.0867.